The van der Waals surface area contributed by atoms with Crippen molar-refractivity contribution >= 4 is 0 Å². The van der Waals surface area contributed by atoms with Crippen molar-refractivity contribution in [2.75, 3.05) is 26.2 Å². The topological polar surface area (TPSA) is 24.5 Å². The van der Waals surface area contributed by atoms with E-state index in [1.54, 1.807) is 0 Å². The Morgan fingerprint density at radius 3 is 2.68 bits per heavy atom. The minimum absolute atomic E-state index is 0.318. The second kappa shape index (κ2) is 6.55. The van der Waals surface area contributed by atoms with Crippen LogP contribution in [0.1, 0.15) is 53.4 Å². The van der Waals surface area contributed by atoms with Gasteiger partial charge in [-0.2, -0.15) is 0 Å². The molecular formula is C16H32N2O. The Labute approximate surface area is 119 Å². The maximum absolute atomic E-state index is 5.98. The molecular weight excluding hydrogens is 236 g/mol. The maximum Gasteiger partial charge on any atom is 0.0730 e. The van der Waals surface area contributed by atoms with E-state index in [1.807, 2.05) is 0 Å². The highest BCUT2D eigenvalue weighted by Crippen LogP contribution is 2.30. The van der Waals surface area contributed by atoms with Gasteiger partial charge in [-0.3, -0.25) is 4.90 Å². The van der Waals surface area contributed by atoms with Crippen LogP contribution < -0.4 is 5.32 Å². The number of nitrogens with zero attached hydrogens (tertiary/aromatic N) is 1. The summed E-state index contributed by atoms with van der Waals surface area (Å²) in [6.07, 6.45) is 5.83. The van der Waals surface area contributed by atoms with Crippen molar-refractivity contribution in [2.45, 2.75) is 71.6 Å². The number of rotatable bonds is 4. The van der Waals surface area contributed by atoms with E-state index in [0.717, 1.165) is 19.7 Å². The van der Waals surface area contributed by atoms with E-state index in [2.05, 4.69) is 37.9 Å². The molecule has 0 aromatic rings. The van der Waals surface area contributed by atoms with Gasteiger partial charge >= 0.3 is 0 Å². The van der Waals surface area contributed by atoms with Crippen LogP contribution in [0.5, 0.6) is 0 Å². The van der Waals surface area contributed by atoms with E-state index >= 15 is 0 Å². The zero-order valence-electron chi connectivity index (χ0n) is 13.2. The lowest BCUT2D eigenvalue weighted by atomic mass is 9.84. The van der Waals surface area contributed by atoms with Crippen LogP contribution >= 0.6 is 0 Å². The molecule has 1 aliphatic carbocycles. The first kappa shape index (κ1) is 15.3. The van der Waals surface area contributed by atoms with Gasteiger partial charge in [0.25, 0.3) is 0 Å². The summed E-state index contributed by atoms with van der Waals surface area (Å²) in [4.78, 5) is 2.70. The maximum atomic E-state index is 5.98. The Morgan fingerprint density at radius 1 is 1.26 bits per heavy atom. The molecule has 0 bridgehead atoms. The van der Waals surface area contributed by atoms with Crippen molar-refractivity contribution in [2.24, 2.45) is 5.41 Å². The van der Waals surface area contributed by atoms with E-state index in [9.17, 15) is 0 Å². The number of ether oxygens (including phenoxy) is 1. The summed E-state index contributed by atoms with van der Waals surface area (Å²) in [6, 6.07) is 1.24. The van der Waals surface area contributed by atoms with Crippen molar-refractivity contribution in [1.82, 2.24) is 10.2 Å². The Bertz CT molecular complexity index is 272. The molecule has 0 spiro atoms. The number of hydrogen-bond donors (Lipinski definition) is 1. The molecule has 3 heteroatoms. The van der Waals surface area contributed by atoms with Crippen molar-refractivity contribution in [3.8, 4) is 0 Å². The molecule has 2 rings (SSSR count). The number of fused-ring (bicyclic) bond motifs is 1. The van der Waals surface area contributed by atoms with Gasteiger partial charge in [-0.25, -0.2) is 0 Å². The van der Waals surface area contributed by atoms with E-state index < -0.39 is 0 Å². The molecule has 2 fully saturated rings. The first-order chi connectivity index (χ1) is 9.02. The number of morpholine rings is 1. The molecule has 0 aromatic heterocycles. The van der Waals surface area contributed by atoms with Crippen LogP contribution in [0.15, 0.2) is 0 Å². The van der Waals surface area contributed by atoms with E-state index in [0.29, 0.717) is 23.6 Å². The zero-order chi connectivity index (χ0) is 13.9. The fraction of sp³-hybridized carbons (Fsp3) is 1.00. The molecule has 1 saturated carbocycles. The highest BCUT2D eigenvalue weighted by Gasteiger charge is 2.36. The van der Waals surface area contributed by atoms with Crippen LogP contribution in [0.4, 0.5) is 0 Å². The smallest absolute Gasteiger partial charge is 0.0730 e. The van der Waals surface area contributed by atoms with Gasteiger partial charge < -0.3 is 10.1 Å². The predicted octanol–water partition coefficient (Wildman–Crippen LogP) is 2.65. The third kappa shape index (κ3) is 3.93. The van der Waals surface area contributed by atoms with Gasteiger partial charge in [0.2, 0.25) is 0 Å². The number of nitrogens with one attached hydrogen (secondary N) is 1. The fourth-order valence-corrected chi connectivity index (χ4v) is 3.53. The molecule has 19 heavy (non-hydrogen) atoms. The Morgan fingerprint density at radius 2 is 2.00 bits per heavy atom. The van der Waals surface area contributed by atoms with Crippen LogP contribution in [-0.4, -0.2) is 49.3 Å². The van der Waals surface area contributed by atoms with Crippen molar-refractivity contribution < 1.29 is 4.74 Å². The summed E-state index contributed by atoms with van der Waals surface area (Å²) >= 11 is 0. The van der Waals surface area contributed by atoms with Gasteiger partial charge in [0, 0.05) is 25.2 Å². The highest BCUT2D eigenvalue weighted by atomic mass is 16.5. The third-order valence-electron chi connectivity index (χ3n) is 4.76. The quantitative estimate of drug-likeness (QED) is 0.848. The lowest BCUT2D eigenvalue weighted by Crippen LogP contribution is -2.58. The fourth-order valence-electron chi connectivity index (χ4n) is 3.53. The van der Waals surface area contributed by atoms with Gasteiger partial charge in [0.15, 0.2) is 0 Å². The van der Waals surface area contributed by atoms with E-state index in [1.165, 1.54) is 32.2 Å². The molecule has 3 atom stereocenters. The summed E-state index contributed by atoms with van der Waals surface area (Å²) in [5.74, 6) is 0. The molecule has 1 N–H and O–H groups in total. The average molecular weight is 268 g/mol. The first-order valence-corrected chi connectivity index (χ1v) is 8.11. The third-order valence-corrected chi connectivity index (χ3v) is 4.76. The van der Waals surface area contributed by atoms with Crippen molar-refractivity contribution in [1.29, 1.82) is 0 Å². The van der Waals surface area contributed by atoms with E-state index in [-0.39, 0.29) is 0 Å². The lowest BCUT2D eigenvalue weighted by molar-refractivity contribution is -0.0929. The van der Waals surface area contributed by atoms with E-state index in [4.69, 9.17) is 4.74 Å². The monoisotopic (exact) mass is 268 g/mol. The van der Waals surface area contributed by atoms with Crippen LogP contribution in [0.25, 0.3) is 0 Å². The molecule has 3 nitrogen and oxygen atoms in total. The Kier molecular flexibility index (Phi) is 5.27. The summed E-state index contributed by atoms with van der Waals surface area (Å²) in [5.41, 5.74) is 0.318. The Balaban J connectivity index is 1.98. The molecule has 1 heterocycles. The molecule has 0 amide bonds. The molecule has 3 unspecified atom stereocenters. The average Bonchev–Trinajstić information content (AvgIpc) is 2.37. The summed E-state index contributed by atoms with van der Waals surface area (Å²) in [7, 11) is 0. The first-order valence-electron chi connectivity index (χ1n) is 8.11. The lowest BCUT2D eigenvalue weighted by Gasteiger charge is -2.46. The van der Waals surface area contributed by atoms with Gasteiger partial charge in [-0.05, 0) is 24.8 Å². The molecule has 1 saturated heterocycles. The summed E-state index contributed by atoms with van der Waals surface area (Å²) in [5, 5.41) is 3.68. The zero-order valence-corrected chi connectivity index (χ0v) is 13.2. The van der Waals surface area contributed by atoms with Crippen LogP contribution in [0.3, 0.4) is 0 Å². The van der Waals surface area contributed by atoms with Gasteiger partial charge in [-0.1, -0.05) is 40.5 Å². The van der Waals surface area contributed by atoms with Crippen LogP contribution in [0, 0.1) is 5.41 Å². The van der Waals surface area contributed by atoms with Crippen molar-refractivity contribution in [3.05, 3.63) is 0 Å². The molecule has 112 valence electrons. The van der Waals surface area contributed by atoms with Gasteiger partial charge in [0.1, 0.15) is 0 Å². The molecule has 2 aliphatic rings. The van der Waals surface area contributed by atoms with Gasteiger partial charge in [-0.15, -0.1) is 0 Å². The predicted molar refractivity (Wildman–Crippen MR) is 80.5 cm³/mol. The van der Waals surface area contributed by atoms with Gasteiger partial charge in [0.05, 0.1) is 12.7 Å². The number of hydrogen-bond acceptors (Lipinski definition) is 3. The minimum atomic E-state index is 0.318. The molecule has 0 radical (unpaired) electrons. The second-order valence-corrected chi connectivity index (χ2v) is 7.23. The normalized spacial score (nSPS) is 30.9. The SMILES string of the molecule is CCNC(CN1CCOC2CCCCC21)C(C)(C)C. The standard InChI is InChI=1S/C16H32N2O/c1-5-17-15(16(2,3)4)12-18-10-11-19-14-9-7-6-8-13(14)18/h13-15,17H,5-12H2,1-4H3. The molecule has 0 aromatic carbocycles. The summed E-state index contributed by atoms with van der Waals surface area (Å²) in [6.45, 7) is 13.5. The van der Waals surface area contributed by atoms with Crippen molar-refractivity contribution in [3.63, 3.8) is 0 Å². The largest absolute Gasteiger partial charge is 0.375 e. The van der Waals surface area contributed by atoms with Crippen LogP contribution in [-0.2, 0) is 4.74 Å². The van der Waals surface area contributed by atoms with Crippen LogP contribution in [0.2, 0.25) is 0 Å². The summed E-state index contributed by atoms with van der Waals surface area (Å²) < 4.78 is 5.98. The Hall–Kier alpha value is -0.120. The second-order valence-electron chi connectivity index (χ2n) is 7.23. The minimum Gasteiger partial charge on any atom is -0.375 e. The number of likely N-dealkylation sites (N-methyl/N-ethyl adjacent to an activating group) is 1. The molecule has 1 aliphatic heterocycles. The highest BCUT2D eigenvalue weighted by molar-refractivity contribution is 4.91.